The van der Waals surface area contributed by atoms with Gasteiger partial charge in [-0.2, -0.15) is 0 Å². The van der Waals surface area contributed by atoms with Gasteiger partial charge in [0.05, 0.1) is 7.11 Å². The molecular weight excluding hydrogens is 316 g/mol. The SMILES string of the molecule is COc1cc(NC2CCN(c3nc(C)nc4c3CCC4)CC2)ncn1. The van der Waals surface area contributed by atoms with E-state index in [1.54, 1.807) is 7.11 Å². The Bertz CT molecular complexity index is 757. The van der Waals surface area contributed by atoms with Crippen LogP contribution in [0.3, 0.4) is 0 Å². The molecule has 0 bridgehead atoms. The molecule has 1 N–H and O–H groups in total. The molecule has 2 aromatic rings. The third-order valence-corrected chi connectivity index (χ3v) is 5.02. The molecule has 132 valence electrons. The molecule has 0 radical (unpaired) electrons. The lowest BCUT2D eigenvalue weighted by atomic mass is 10.0. The Balaban J connectivity index is 1.42. The number of anilines is 2. The molecule has 25 heavy (non-hydrogen) atoms. The highest BCUT2D eigenvalue weighted by atomic mass is 16.5. The zero-order valence-electron chi connectivity index (χ0n) is 14.8. The number of piperidine rings is 1. The van der Waals surface area contributed by atoms with Gasteiger partial charge >= 0.3 is 0 Å². The second-order valence-electron chi connectivity index (χ2n) is 6.72. The number of ether oxygens (including phenoxy) is 1. The third kappa shape index (κ3) is 3.36. The monoisotopic (exact) mass is 340 g/mol. The van der Waals surface area contributed by atoms with Gasteiger partial charge in [0.2, 0.25) is 5.88 Å². The number of fused-ring (bicyclic) bond motifs is 1. The highest BCUT2D eigenvalue weighted by Gasteiger charge is 2.26. The van der Waals surface area contributed by atoms with Crippen LogP contribution in [0.4, 0.5) is 11.6 Å². The van der Waals surface area contributed by atoms with Crippen molar-refractivity contribution in [3.05, 3.63) is 29.5 Å². The van der Waals surface area contributed by atoms with Crippen molar-refractivity contribution in [3.8, 4) is 5.88 Å². The lowest BCUT2D eigenvalue weighted by Gasteiger charge is -2.34. The first kappa shape index (κ1) is 16.1. The molecule has 1 aliphatic carbocycles. The van der Waals surface area contributed by atoms with Crippen LogP contribution in [0.1, 0.15) is 36.3 Å². The van der Waals surface area contributed by atoms with Crippen molar-refractivity contribution in [3.63, 3.8) is 0 Å². The summed E-state index contributed by atoms with van der Waals surface area (Å²) in [6.45, 7) is 4.00. The van der Waals surface area contributed by atoms with Gasteiger partial charge in [0.1, 0.15) is 23.8 Å². The predicted molar refractivity (Wildman–Crippen MR) is 96.2 cm³/mol. The summed E-state index contributed by atoms with van der Waals surface area (Å²) in [6, 6.07) is 2.25. The van der Waals surface area contributed by atoms with Crippen molar-refractivity contribution in [2.75, 3.05) is 30.4 Å². The Hall–Kier alpha value is -2.44. The second-order valence-corrected chi connectivity index (χ2v) is 6.72. The van der Waals surface area contributed by atoms with Gasteiger partial charge in [-0.3, -0.25) is 0 Å². The molecule has 1 aliphatic heterocycles. The van der Waals surface area contributed by atoms with Crippen molar-refractivity contribution < 1.29 is 4.74 Å². The van der Waals surface area contributed by atoms with E-state index in [2.05, 4.69) is 25.2 Å². The quantitative estimate of drug-likeness (QED) is 0.914. The maximum atomic E-state index is 5.16. The first-order chi connectivity index (χ1) is 12.2. The lowest BCUT2D eigenvalue weighted by Crippen LogP contribution is -2.40. The van der Waals surface area contributed by atoms with E-state index in [0.717, 1.165) is 50.4 Å². The molecule has 0 amide bonds. The fraction of sp³-hybridized carbons (Fsp3) is 0.556. The van der Waals surface area contributed by atoms with Gasteiger partial charge in [0, 0.05) is 36.5 Å². The predicted octanol–water partition coefficient (Wildman–Crippen LogP) is 2.15. The molecule has 0 saturated carbocycles. The lowest BCUT2D eigenvalue weighted by molar-refractivity contribution is 0.397. The third-order valence-electron chi connectivity index (χ3n) is 5.02. The van der Waals surface area contributed by atoms with Gasteiger partial charge < -0.3 is 15.0 Å². The van der Waals surface area contributed by atoms with E-state index in [1.807, 2.05) is 13.0 Å². The van der Waals surface area contributed by atoms with Crippen LogP contribution in [-0.2, 0) is 12.8 Å². The van der Waals surface area contributed by atoms with Crippen molar-refractivity contribution in [2.45, 2.75) is 45.1 Å². The van der Waals surface area contributed by atoms with Crippen LogP contribution in [0.25, 0.3) is 0 Å². The van der Waals surface area contributed by atoms with Gasteiger partial charge in [-0.25, -0.2) is 19.9 Å². The Morgan fingerprint density at radius 2 is 2.00 bits per heavy atom. The molecule has 0 atom stereocenters. The minimum Gasteiger partial charge on any atom is -0.481 e. The number of nitrogens with one attached hydrogen (secondary N) is 1. The molecule has 3 heterocycles. The summed E-state index contributed by atoms with van der Waals surface area (Å²) in [5, 5.41) is 3.50. The molecule has 4 rings (SSSR count). The number of rotatable bonds is 4. The molecular formula is C18H24N6O. The fourth-order valence-electron chi connectivity index (χ4n) is 3.77. The summed E-state index contributed by atoms with van der Waals surface area (Å²) in [6.07, 6.45) is 7.06. The van der Waals surface area contributed by atoms with Crippen LogP contribution >= 0.6 is 0 Å². The van der Waals surface area contributed by atoms with Gasteiger partial charge in [0.25, 0.3) is 0 Å². The maximum absolute atomic E-state index is 5.16. The highest BCUT2D eigenvalue weighted by Crippen LogP contribution is 2.30. The fourth-order valence-corrected chi connectivity index (χ4v) is 3.77. The number of nitrogens with zero attached hydrogens (tertiary/aromatic N) is 5. The summed E-state index contributed by atoms with van der Waals surface area (Å²) in [4.78, 5) is 20.1. The van der Waals surface area contributed by atoms with Gasteiger partial charge in [-0.15, -0.1) is 0 Å². The Kier molecular flexibility index (Phi) is 4.38. The van der Waals surface area contributed by atoms with Crippen LogP contribution < -0.4 is 15.0 Å². The summed E-state index contributed by atoms with van der Waals surface area (Å²) in [5.74, 6) is 3.47. The first-order valence-corrected chi connectivity index (χ1v) is 8.97. The Morgan fingerprint density at radius 3 is 2.80 bits per heavy atom. The average Bonchev–Trinajstić information content (AvgIpc) is 3.10. The largest absolute Gasteiger partial charge is 0.481 e. The molecule has 0 aromatic carbocycles. The van der Waals surface area contributed by atoms with E-state index >= 15 is 0 Å². The summed E-state index contributed by atoms with van der Waals surface area (Å²) in [5.41, 5.74) is 2.63. The van der Waals surface area contributed by atoms with Crippen LogP contribution in [0.2, 0.25) is 0 Å². The van der Waals surface area contributed by atoms with Crippen molar-refractivity contribution in [2.24, 2.45) is 0 Å². The highest BCUT2D eigenvalue weighted by molar-refractivity contribution is 5.51. The van der Waals surface area contributed by atoms with Crippen LogP contribution in [0, 0.1) is 6.92 Å². The molecule has 2 aliphatic rings. The van der Waals surface area contributed by atoms with Crippen molar-refractivity contribution in [1.29, 1.82) is 0 Å². The summed E-state index contributed by atoms with van der Waals surface area (Å²) in [7, 11) is 1.62. The Morgan fingerprint density at radius 1 is 1.16 bits per heavy atom. The van der Waals surface area contributed by atoms with Crippen LogP contribution in [-0.4, -0.2) is 46.2 Å². The number of aromatic nitrogens is 4. The van der Waals surface area contributed by atoms with Gasteiger partial charge in [-0.05, 0) is 39.0 Å². The number of methoxy groups -OCH3 is 1. The smallest absolute Gasteiger partial charge is 0.218 e. The summed E-state index contributed by atoms with van der Waals surface area (Å²) < 4.78 is 5.16. The summed E-state index contributed by atoms with van der Waals surface area (Å²) >= 11 is 0. The zero-order chi connectivity index (χ0) is 17.2. The van der Waals surface area contributed by atoms with E-state index < -0.39 is 0 Å². The Labute approximate surface area is 147 Å². The van der Waals surface area contributed by atoms with Crippen molar-refractivity contribution >= 4 is 11.6 Å². The number of hydrogen-bond donors (Lipinski definition) is 1. The minimum atomic E-state index is 0.409. The van der Waals surface area contributed by atoms with Gasteiger partial charge in [-0.1, -0.05) is 0 Å². The number of aryl methyl sites for hydroxylation is 2. The molecule has 1 fully saturated rings. The molecule has 7 heteroatoms. The maximum Gasteiger partial charge on any atom is 0.218 e. The molecule has 0 unspecified atom stereocenters. The zero-order valence-corrected chi connectivity index (χ0v) is 14.8. The second kappa shape index (κ2) is 6.82. The normalized spacial score (nSPS) is 17.4. The minimum absolute atomic E-state index is 0.409. The first-order valence-electron chi connectivity index (χ1n) is 8.97. The van der Waals surface area contributed by atoms with E-state index in [1.165, 1.54) is 29.8 Å². The van der Waals surface area contributed by atoms with Crippen LogP contribution in [0.15, 0.2) is 12.4 Å². The average molecular weight is 340 g/mol. The van der Waals surface area contributed by atoms with Crippen LogP contribution in [0.5, 0.6) is 5.88 Å². The standard InChI is InChI=1S/C18H24N6O/c1-12-21-15-5-3-4-14(15)18(22-12)24-8-6-13(7-9-24)23-16-10-17(25-2)20-11-19-16/h10-11,13H,3-9H2,1-2H3,(H,19,20,23). The van der Waals surface area contributed by atoms with E-state index in [-0.39, 0.29) is 0 Å². The van der Waals surface area contributed by atoms with Gasteiger partial charge in [0.15, 0.2) is 0 Å². The van der Waals surface area contributed by atoms with E-state index in [0.29, 0.717) is 11.9 Å². The number of hydrogen-bond acceptors (Lipinski definition) is 7. The molecule has 7 nitrogen and oxygen atoms in total. The molecule has 2 aromatic heterocycles. The van der Waals surface area contributed by atoms with E-state index in [4.69, 9.17) is 9.72 Å². The van der Waals surface area contributed by atoms with Crippen molar-refractivity contribution in [1.82, 2.24) is 19.9 Å². The topological polar surface area (TPSA) is 76.1 Å². The molecule has 1 saturated heterocycles. The molecule has 0 spiro atoms. The van der Waals surface area contributed by atoms with E-state index in [9.17, 15) is 0 Å².